The van der Waals surface area contributed by atoms with E-state index in [1.807, 2.05) is 6.07 Å². The second-order valence-corrected chi connectivity index (χ2v) is 6.25. The molecule has 0 radical (unpaired) electrons. The van der Waals surface area contributed by atoms with Crippen molar-refractivity contribution in [3.63, 3.8) is 0 Å². The fourth-order valence-corrected chi connectivity index (χ4v) is 3.98. The van der Waals surface area contributed by atoms with Crippen molar-refractivity contribution >= 4 is 5.91 Å². The van der Waals surface area contributed by atoms with Gasteiger partial charge in [-0.3, -0.25) is 4.79 Å². The molecule has 3 atom stereocenters. The van der Waals surface area contributed by atoms with E-state index in [9.17, 15) is 4.79 Å². The van der Waals surface area contributed by atoms with E-state index in [1.54, 1.807) is 0 Å². The summed E-state index contributed by atoms with van der Waals surface area (Å²) >= 11 is 0. The zero-order valence-corrected chi connectivity index (χ0v) is 11.1. The van der Waals surface area contributed by atoms with Crippen LogP contribution in [-0.2, 0) is 12.8 Å². The van der Waals surface area contributed by atoms with Gasteiger partial charge in [0.05, 0.1) is 0 Å². The molecule has 2 aliphatic carbocycles. The Labute approximate surface area is 113 Å². The van der Waals surface area contributed by atoms with Gasteiger partial charge in [0.15, 0.2) is 0 Å². The van der Waals surface area contributed by atoms with Crippen LogP contribution >= 0.6 is 0 Å². The second-order valence-electron chi connectivity index (χ2n) is 6.25. The number of amides is 1. The van der Waals surface area contributed by atoms with Gasteiger partial charge in [-0.1, -0.05) is 6.07 Å². The summed E-state index contributed by atoms with van der Waals surface area (Å²) in [4.78, 5) is 12.3. The van der Waals surface area contributed by atoms with Gasteiger partial charge in [0.1, 0.15) is 0 Å². The van der Waals surface area contributed by atoms with Crippen LogP contribution in [0.2, 0.25) is 0 Å². The smallest absolute Gasteiger partial charge is 0.251 e. The Hall–Kier alpha value is -1.35. The molecule has 3 heteroatoms. The van der Waals surface area contributed by atoms with Crippen molar-refractivity contribution in [3.05, 3.63) is 34.9 Å². The van der Waals surface area contributed by atoms with Crippen molar-refractivity contribution in [2.75, 3.05) is 6.54 Å². The van der Waals surface area contributed by atoms with Crippen LogP contribution in [-0.4, -0.2) is 24.5 Å². The number of hydrogen-bond donors (Lipinski definition) is 2. The molecule has 3 aliphatic rings. The molecule has 19 heavy (non-hydrogen) atoms. The molecule has 1 amide bonds. The van der Waals surface area contributed by atoms with Gasteiger partial charge >= 0.3 is 0 Å². The first-order valence-electron chi connectivity index (χ1n) is 7.45. The minimum atomic E-state index is 0.118. The van der Waals surface area contributed by atoms with Gasteiger partial charge in [-0.05, 0) is 61.3 Å². The molecule has 1 aromatic rings. The molecule has 2 bridgehead atoms. The van der Waals surface area contributed by atoms with Crippen molar-refractivity contribution in [2.45, 2.75) is 44.2 Å². The lowest BCUT2D eigenvalue weighted by molar-refractivity contribution is 0.0925. The monoisotopic (exact) mass is 256 g/mol. The molecule has 100 valence electrons. The molecule has 2 N–H and O–H groups in total. The number of aryl methyl sites for hydroxylation is 2. The Bertz CT molecular complexity index is 525. The number of rotatable bonds is 2. The van der Waals surface area contributed by atoms with E-state index < -0.39 is 0 Å². The molecular formula is C16H20N2O. The van der Waals surface area contributed by atoms with Gasteiger partial charge in [0.2, 0.25) is 0 Å². The molecule has 3 unspecified atom stereocenters. The highest BCUT2D eigenvalue weighted by molar-refractivity contribution is 5.94. The maximum absolute atomic E-state index is 12.3. The third-order valence-corrected chi connectivity index (χ3v) is 5.04. The maximum atomic E-state index is 12.3. The van der Waals surface area contributed by atoms with E-state index in [2.05, 4.69) is 22.8 Å². The first kappa shape index (κ1) is 11.5. The average Bonchev–Trinajstić information content (AvgIpc) is 3.13. The van der Waals surface area contributed by atoms with Crippen LogP contribution in [0.1, 0.15) is 40.7 Å². The summed E-state index contributed by atoms with van der Waals surface area (Å²) in [5.74, 6) is 0.760. The third-order valence-electron chi connectivity index (χ3n) is 5.04. The van der Waals surface area contributed by atoms with Gasteiger partial charge in [-0.15, -0.1) is 0 Å². The summed E-state index contributed by atoms with van der Waals surface area (Å²) in [5.41, 5.74) is 3.65. The number of fused-ring (bicyclic) bond motifs is 3. The van der Waals surface area contributed by atoms with Crippen LogP contribution in [0.4, 0.5) is 0 Å². The van der Waals surface area contributed by atoms with Crippen LogP contribution in [0.5, 0.6) is 0 Å². The Morgan fingerprint density at radius 2 is 2.11 bits per heavy atom. The van der Waals surface area contributed by atoms with Crippen LogP contribution in [0, 0.1) is 5.92 Å². The molecule has 1 aromatic carbocycles. The van der Waals surface area contributed by atoms with Gasteiger partial charge < -0.3 is 10.6 Å². The lowest BCUT2D eigenvalue weighted by atomic mass is 10.0. The molecule has 1 saturated heterocycles. The summed E-state index contributed by atoms with van der Waals surface area (Å²) in [7, 11) is 0. The first-order valence-corrected chi connectivity index (χ1v) is 7.45. The molecule has 1 heterocycles. The molecule has 0 aromatic heterocycles. The van der Waals surface area contributed by atoms with Gasteiger partial charge in [0.25, 0.3) is 5.91 Å². The van der Waals surface area contributed by atoms with Crippen molar-refractivity contribution in [3.8, 4) is 0 Å². The summed E-state index contributed by atoms with van der Waals surface area (Å²) in [6.07, 6.45) is 5.87. The Morgan fingerprint density at radius 3 is 2.89 bits per heavy atom. The largest absolute Gasteiger partial charge is 0.349 e. The predicted octanol–water partition coefficient (Wildman–Crippen LogP) is 1.66. The number of carbonyl (C=O) groups is 1. The quantitative estimate of drug-likeness (QED) is 0.845. The topological polar surface area (TPSA) is 41.1 Å². The van der Waals surface area contributed by atoms with Gasteiger partial charge in [-0.25, -0.2) is 0 Å². The fraction of sp³-hybridized carbons (Fsp3) is 0.562. The van der Waals surface area contributed by atoms with Crippen LogP contribution in [0.15, 0.2) is 18.2 Å². The van der Waals surface area contributed by atoms with Gasteiger partial charge in [-0.2, -0.15) is 0 Å². The second kappa shape index (κ2) is 4.34. The standard InChI is InChI=1S/C16H20N2O/c19-16(18-15-8-14-7-13(15)9-17-14)12-5-4-10-2-1-3-11(10)6-12/h4-6,13-15,17H,1-3,7-9H2,(H,18,19). The van der Waals surface area contributed by atoms with E-state index in [4.69, 9.17) is 0 Å². The zero-order chi connectivity index (χ0) is 12.8. The Balaban J connectivity index is 1.48. The van der Waals surface area contributed by atoms with Crippen molar-refractivity contribution in [2.24, 2.45) is 5.92 Å². The summed E-state index contributed by atoms with van der Waals surface area (Å²) in [6, 6.07) is 7.25. The van der Waals surface area contributed by atoms with E-state index in [0.29, 0.717) is 18.0 Å². The zero-order valence-electron chi connectivity index (χ0n) is 11.1. The van der Waals surface area contributed by atoms with E-state index in [1.165, 1.54) is 30.4 Å². The summed E-state index contributed by atoms with van der Waals surface area (Å²) in [5, 5.41) is 6.72. The number of benzene rings is 1. The molecular weight excluding hydrogens is 236 g/mol. The number of nitrogens with one attached hydrogen (secondary N) is 2. The van der Waals surface area contributed by atoms with Crippen LogP contribution in [0.3, 0.4) is 0 Å². The number of hydrogen-bond acceptors (Lipinski definition) is 2. The van der Waals surface area contributed by atoms with Crippen molar-refractivity contribution in [1.82, 2.24) is 10.6 Å². The molecule has 2 fully saturated rings. The van der Waals surface area contributed by atoms with E-state index >= 15 is 0 Å². The molecule has 1 saturated carbocycles. The Morgan fingerprint density at radius 1 is 1.21 bits per heavy atom. The minimum absolute atomic E-state index is 0.118. The summed E-state index contributed by atoms with van der Waals surface area (Å²) < 4.78 is 0. The third kappa shape index (κ3) is 1.96. The van der Waals surface area contributed by atoms with Crippen molar-refractivity contribution in [1.29, 1.82) is 0 Å². The van der Waals surface area contributed by atoms with E-state index in [0.717, 1.165) is 24.9 Å². The average molecular weight is 256 g/mol. The SMILES string of the molecule is O=C(NC1CC2CC1CN2)c1ccc2c(c1)CCC2. The first-order chi connectivity index (χ1) is 9.29. The lowest BCUT2D eigenvalue weighted by Crippen LogP contribution is -2.44. The summed E-state index contributed by atoms with van der Waals surface area (Å²) in [6.45, 7) is 1.07. The fourth-order valence-electron chi connectivity index (χ4n) is 3.98. The highest BCUT2D eigenvalue weighted by atomic mass is 16.1. The lowest BCUT2D eigenvalue weighted by Gasteiger charge is -2.23. The van der Waals surface area contributed by atoms with Crippen LogP contribution in [0.25, 0.3) is 0 Å². The van der Waals surface area contributed by atoms with Gasteiger partial charge in [0, 0.05) is 24.2 Å². The highest BCUT2D eigenvalue weighted by Gasteiger charge is 2.40. The molecule has 1 aliphatic heterocycles. The molecule has 0 spiro atoms. The normalized spacial score (nSPS) is 31.5. The predicted molar refractivity (Wildman–Crippen MR) is 74.2 cm³/mol. The van der Waals surface area contributed by atoms with E-state index in [-0.39, 0.29) is 5.91 Å². The minimum Gasteiger partial charge on any atom is -0.349 e. The Kier molecular flexibility index (Phi) is 2.62. The molecule has 4 rings (SSSR count). The maximum Gasteiger partial charge on any atom is 0.251 e. The number of carbonyl (C=O) groups excluding carboxylic acids is 1. The molecule has 3 nitrogen and oxygen atoms in total. The van der Waals surface area contributed by atoms with Crippen LogP contribution < -0.4 is 10.6 Å². The number of piperidine rings is 1. The van der Waals surface area contributed by atoms with Crippen molar-refractivity contribution < 1.29 is 4.79 Å². The highest BCUT2D eigenvalue weighted by Crippen LogP contribution is 2.31.